The molecule has 0 aliphatic rings. The van der Waals surface area contributed by atoms with Gasteiger partial charge in [0.15, 0.2) is 0 Å². The van der Waals surface area contributed by atoms with Crippen molar-refractivity contribution < 1.29 is 14.2 Å². The van der Waals surface area contributed by atoms with Crippen LogP contribution in [0, 0.1) is 0 Å². The number of rotatable bonds is 11. The topological polar surface area (TPSA) is 27.7 Å². The van der Waals surface area contributed by atoms with Gasteiger partial charge in [0.25, 0.3) is 0 Å². The van der Waals surface area contributed by atoms with Gasteiger partial charge >= 0.3 is 0 Å². The van der Waals surface area contributed by atoms with E-state index in [-0.39, 0.29) is 10.0 Å². The van der Waals surface area contributed by atoms with Gasteiger partial charge in [0, 0.05) is 32.1 Å². The molecule has 0 saturated carbocycles. The summed E-state index contributed by atoms with van der Waals surface area (Å²) in [6.45, 7) is 2.57. The second-order valence-electron chi connectivity index (χ2n) is 3.19. The number of methoxy groups -OCH3 is 1. The van der Waals surface area contributed by atoms with Gasteiger partial charge in [-0.3, -0.25) is 0 Å². The van der Waals surface area contributed by atoms with E-state index < -0.39 is 0 Å². The van der Waals surface area contributed by atoms with Crippen molar-refractivity contribution in [3.8, 4) is 0 Å². The first-order valence-corrected chi connectivity index (χ1v) is 7.52. The number of hydrogen-bond donors (Lipinski definition) is 0. The fourth-order valence-electron chi connectivity index (χ4n) is 1.01. The van der Waals surface area contributed by atoms with Crippen LogP contribution in [0.25, 0.3) is 0 Å². The van der Waals surface area contributed by atoms with Crippen molar-refractivity contribution >= 4 is 45.8 Å². The summed E-state index contributed by atoms with van der Waals surface area (Å²) in [6.07, 6.45) is 0.911. The van der Waals surface area contributed by atoms with Gasteiger partial charge in [-0.2, -0.15) is 0 Å². The molecule has 0 aromatic heterocycles. The molecule has 0 N–H and O–H groups in total. The van der Waals surface area contributed by atoms with E-state index in [0.29, 0.717) is 31.6 Å². The summed E-state index contributed by atoms with van der Waals surface area (Å²) in [5.74, 6) is 1.01. The summed E-state index contributed by atoms with van der Waals surface area (Å²) in [5, 5.41) is 0. The Kier molecular flexibility index (Phi) is 13.6. The molecular weight excluding hydrogens is 366 g/mol. The lowest BCUT2D eigenvalue weighted by Gasteiger charge is -2.19. The smallest absolute Gasteiger partial charge is 0.0840 e. The molecule has 0 amide bonds. The highest BCUT2D eigenvalue weighted by atomic mass is 127. The number of hydrogen-bond acceptors (Lipinski definition) is 3. The van der Waals surface area contributed by atoms with Crippen molar-refractivity contribution in [1.82, 2.24) is 0 Å². The summed E-state index contributed by atoms with van der Waals surface area (Å²) in [5.41, 5.74) is 0. The van der Waals surface area contributed by atoms with Crippen LogP contribution in [-0.4, -0.2) is 55.3 Å². The molecule has 0 heterocycles. The first kappa shape index (κ1) is 17.2. The van der Waals surface area contributed by atoms with E-state index >= 15 is 0 Å². The minimum Gasteiger partial charge on any atom is -0.385 e. The third-order valence-corrected chi connectivity index (χ3v) is 4.30. The van der Waals surface area contributed by atoms with Crippen LogP contribution >= 0.6 is 45.8 Å². The molecule has 0 saturated heterocycles. The Morgan fingerprint density at radius 3 is 2.38 bits per heavy atom. The minimum atomic E-state index is 0.00217. The molecule has 0 rings (SSSR count). The minimum absolute atomic E-state index is 0.00217. The average molecular weight is 385 g/mol. The Labute approximate surface area is 121 Å². The van der Waals surface area contributed by atoms with Crippen LogP contribution in [0.3, 0.4) is 0 Å². The molecule has 98 valence electrons. The summed E-state index contributed by atoms with van der Waals surface area (Å²) in [4.78, 5) is 0. The molecule has 0 aromatic carbocycles. The van der Waals surface area contributed by atoms with E-state index in [1.807, 2.05) is 0 Å². The van der Waals surface area contributed by atoms with E-state index in [1.54, 1.807) is 7.11 Å². The first-order chi connectivity index (χ1) is 7.76. The molecule has 3 nitrogen and oxygen atoms in total. The lowest BCUT2D eigenvalue weighted by Crippen LogP contribution is -2.28. The van der Waals surface area contributed by atoms with Crippen LogP contribution in [-0.2, 0) is 14.2 Å². The SMILES string of the molecule is COCCCOCCOC(CCl)C(I)CCl. The molecule has 0 fully saturated rings. The summed E-state index contributed by atoms with van der Waals surface area (Å²) < 4.78 is 16.1. The summed E-state index contributed by atoms with van der Waals surface area (Å²) >= 11 is 13.8. The maximum Gasteiger partial charge on any atom is 0.0840 e. The molecule has 16 heavy (non-hydrogen) atoms. The molecule has 0 aliphatic carbocycles. The van der Waals surface area contributed by atoms with E-state index in [2.05, 4.69) is 22.6 Å². The summed E-state index contributed by atoms with van der Waals surface area (Å²) in [7, 11) is 1.68. The van der Waals surface area contributed by atoms with Gasteiger partial charge in [-0.25, -0.2) is 0 Å². The predicted molar refractivity (Wildman–Crippen MR) is 76.3 cm³/mol. The van der Waals surface area contributed by atoms with Gasteiger partial charge in [0.2, 0.25) is 0 Å². The predicted octanol–water partition coefficient (Wildman–Crippen LogP) is 2.71. The largest absolute Gasteiger partial charge is 0.385 e. The van der Waals surface area contributed by atoms with Crippen LogP contribution < -0.4 is 0 Å². The highest BCUT2D eigenvalue weighted by molar-refractivity contribution is 14.1. The van der Waals surface area contributed by atoms with Crippen LogP contribution in [0.2, 0.25) is 0 Å². The van der Waals surface area contributed by atoms with Gasteiger partial charge in [-0.15, -0.1) is 23.2 Å². The van der Waals surface area contributed by atoms with Crippen molar-refractivity contribution in [3.63, 3.8) is 0 Å². The van der Waals surface area contributed by atoms with Crippen LogP contribution in [0.5, 0.6) is 0 Å². The molecule has 2 unspecified atom stereocenters. The van der Waals surface area contributed by atoms with E-state index in [9.17, 15) is 0 Å². The van der Waals surface area contributed by atoms with Crippen LogP contribution in [0.4, 0.5) is 0 Å². The van der Waals surface area contributed by atoms with Gasteiger partial charge in [-0.05, 0) is 6.42 Å². The first-order valence-electron chi connectivity index (χ1n) is 5.20. The van der Waals surface area contributed by atoms with Gasteiger partial charge in [0.05, 0.1) is 23.2 Å². The second kappa shape index (κ2) is 12.6. The Morgan fingerprint density at radius 2 is 1.81 bits per heavy atom. The maximum absolute atomic E-state index is 5.78. The highest BCUT2D eigenvalue weighted by Gasteiger charge is 2.17. The lowest BCUT2D eigenvalue weighted by molar-refractivity contribution is 0.0122. The molecule has 0 spiro atoms. The van der Waals surface area contributed by atoms with Gasteiger partial charge in [-0.1, -0.05) is 22.6 Å². The monoisotopic (exact) mass is 384 g/mol. The van der Waals surface area contributed by atoms with Crippen molar-refractivity contribution in [2.45, 2.75) is 16.4 Å². The van der Waals surface area contributed by atoms with E-state index in [0.717, 1.165) is 13.0 Å². The molecule has 2 atom stereocenters. The van der Waals surface area contributed by atoms with Crippen LogP contribution in [0.15, 0.2) is 0 Å². The Hall–Kier alpha value is 1.19. The van der Waals surface area contributed by atoms with Crippen molar-refractivity contribution in [3.05, 3.63) is 0 Å². The molecule has 0 radical (unpaired) electrons. The third kappa shape index (κ3) is 9.24. The Balaban J connectivity index is 3.34. The zero-order valence-electron chi connectivity index (χ0n) is 9.46. The number of halogens is 3. The van der Waals surface area contributed by atoms with Crippen molar-refractivity contribution in [1.29, 1.82) is 0 Å². The quantitative estimate of drug-likeness (QED) is 0.311. The van der Waals surface area contributed by atoms with Crippen molar-refractivity contribution in [2.24, 2.45) is 0 Å². The molecule has 0 aromatic rings. The number of ether oxygens (including phenoxy) is 3. The maximum atomic E-state index is 5.78. The second-order valence-corrected chi connectivity index (χ2v) is 5.41. The Morgan fingerprint density at radius 1 is 1.06 bits per heavy atom. The fraction of sp³-hybridized carbons (Fsp3) is 1.00. The van der Waals surface area contributed by atoms with Crippen molar-refractivity contribution in [2.75, 3.05) is 45.3 Å². The Bertz CT molecular complexity index is 152. The third-order valence-electron chi connectivity index (χ3n) is 1.90. The highest BCUT2D eigenvalue weighted by Crippen LogP contribution is 2.13. The number of alkyl halides is 3. The standard InChI is InChI=1S/C10H19Cl2IO3/c1-14-3-2-4-15-5-6-16-10(8-12)9(13)7-11/h9-10H,2-8H2,1H3. The fourth-order valence-corrected chi connectivity index (χ4v) is 2.28. The molecule has 0 bridgehead atoms. The zero-order chi connectivity index (χ0) is 12.2. The zero-order valence-corrected chi connectivity index (χ0v) is 13.1. The normalized spacial score (nSPS) is 15.0. The molecule has 0 aliphatic heterocycles. The van der Waals surface area contributed by atoms with Gasteiger partial charge < -0.3 is 14.2 Å². The molecule has 6 heteroatoms. The van der Waals surface area contributed by atoms with Crippen LogP contribution in [0.1, 0.15) is 6.42 Å². The van der Waals surface area contributed by atoms with E-state index in [1.165, 1.54) is 0 Å². The molecular formula is C10H19Cl2IO3. The van der Waals surface area contributed by atoms with Gasteiger partial charge in [0.1, 0.15) is 0 Å². The summed E-state index contributed by atoms with van der Waals surface area (Å²) in [6, 6.07) is 0. The van der Waals surface area contributed by atoms with E-state index in [4.69, 9.17) is 37.4 Å². The lowest BCUT2D eigenvalue weighted by atomic mass is 10.3. The average Bonchev–Trinajstić information content (AvgIpc) is 2.32.